The number of nitro benzene ring substituents is 1. The molecule has 0 atom stereocenters. The molecule has 0 radical (unpaired) electrons. The molecule has 1 N–H and O–H groups in total. The van der Waals surface area contributed by atoms with Crippen molar-refractivity contribution in [3.63, 3.8) is 0 Å². The molecule has 0 saturated carbocycles. The van der Waals surface area contributed by atoms with Crippen molar-refractivity contribution in [2.45, 2.75) is 32.9 Å². The largest absolute Gasteiger partial charge is 0.485 e. The Balaban J connectivity index is 2.01. The van der Waals surface area contributed by atoms with Crippen LogP contribution in [-0.2, 0) is 11.3 Å². The van der Waals surface area contributed by atoms with Crippen LogP contribution >= 0.6 is 0 Å². The number of nitrogens with one attached hydrogen (secondary N) is 1. The van der Waals surface area contributed by atoms with Crippen LogP contribution in [0.5, 0.6) is 5.75 Å². The lowest BCUT2D eigenvalue weighted by Gasteiger charge is -2.24. The van der Waals surface area contributed by atoms with Crippen LogP contribution in [0.25, 0.3) is 0 Å². The van der Waals surface area contributed by atoms with Gasteiger partial charge in [-0.1, -0.05) is 36.4 Å². The first-order chi connectivity index (χ1) is 13.7. The highest BCUT2D eigenvalue weighted by atomic mass is 16.6. The Morgan fingerprint density at radius 3 is 2.45 bits per heavy atom. The number of carbonyl (C=O) groups is 1. The molecule has 8 nitrogen and oxygen atoms in total. The van der Waals surface area contributed by atoms with Gasteiger partial charge in [0.1, 0.15) is 17.9 Å². The number of benzene rings is 2. The number of carbonyl (C=O) groups excluding carboxylic acids is 1. The summed E-state index contributed by atoms with van der Waals surface area (Å²) in [4.78, 5) is 24.5. The van der Waals surface area contributed by atoms with Crippen molar-refractivity contribution < 1.29 is 19.2 Å². The van der Waals surface area contributed by atoms with E-state index in [-0.39, 0.29) is 24.6 Å². The maximum atomic E-state index is 12.0. The van der Waals surface area contributed by atoms with Crippen molar-refractivity contribution in [1.82, 2.24) is 4.90 Å². The van der Waals surface area contributed by atoms with Gasteiger partial charge in [-0.15, -0.1) is 0 Å². The Labute approximate surface area is 170 Å². The van der Waals surface area contributed by atoms with E-state index in [2.05, 4.69) is 5.32 Å². The average Bonchev–Trinajstić information content (AvgIpc) is 2.65. The van der Waals surface area contributed by atoms with Crippen molar-refractivity contribution in [2.75, 3.05) is 25.5 Å². The Morgan fingerprint density at radius 1 is 1.14 bits per heavy atom. The van der Waals surface area contributed by atoms with E-state index in [1.165, 1.54) is 4.90 Å². The molecule has 0 bridgehead atoms. The van der Waals surface area contributed by atoms with E-state index >= 15 is 0 Å². The van der Waals surface area contributed by atoms with Crippen LogP contribution in [0.1, 0.15) is 26.3 Å². The Hall–Kier alpha value is -3.29. The van der Waals surface area contributed by atoms with E-state index in [4.69, 9.17) is 9.47 Å². The minimum absolute atomic E-state index is 0.0960. The maximum Gasteiger partial charge on any atom is 0.410 e. The minimum atomic E-state index is -0.594. The maximum absolute atomic E-state index is 12.0. The van der Waals surface area contributed by atoms with Crippen molar-refractivity contribution in [2.24, 2.45) is 0 Å². The minimum Gasteiger partial charge on any atom is -0.485 e. The summed E-state index contributed by atoms with van der Waals surface area (Å²) in [5.41, 5.74) is 0.649. The third-order valence-electron chi connectivity index (χ3n) is 3.90. The molecule has 0 saturated heterocycles. The van der Waals surface area contributed by atoms with E-state index in [1.807, 2.05) is 30.3 Å². The number of ether oxygens (including phenoxy) is 2. The van der Waals surface area contributed by atoms with Crippen LogP contribution < -0.4 is 10.1 Å². The number of rotatable bonds is 8. The molecule has 0 fully saturated rings. The highest BCUT2D eigenvalue weighted by Gasteiger charge is 2.22. The fraction of sp³-hybridized carbons (Fsp3) is 0.381. The molecule has 29 heavy (non-hydrogen) atoms. The van der Waals surface area contributed by atoms with Gasteiger partial charge in [0.2, 0.25) is 0 Å². The predicted octanol–water partition coefficient (Wildman–Crippen LogP) is 4.45. The second kappa shape index (κ2) is 9.77. The van der Waals surface area contributed by atoms with Gasteiger partial charge in [-0.3, -0.25) is 10.1 Å². The monoisotopic (exact) mass is 401 g/mol. The smallest absolute Gasteiger partial charge is 0.410 e. The molecule has 8 heteroatoms. The number of hydrogen-bond donors (Lipinski definition) is 1. The number of anilines is 1. The molecule has 156 valence electrons. The lowest BCUT2D eigenvalue weighted by atomic mass is 10.2. The van der Waals surface area contributed by atoms with Gasteiger partial charge in [-0.2, -0.15) is 0 Å². The molecule has 0 aliphatic rings. The van der Waals surface area contributed by atoms with Crippen LogP contribution in [0.2, 0.25) is 0 Å². The third kappa shape index (κ3) is 6.99. The zero-order valence-electron chi connectivity index (χ0n) is 17.2. The first-order valence-electron chi connectivity index (χ1n) is 9.29. The van der Waals surface area contributed by atoms with Gasteiger partial charge in [-0.25, -0.2) is 4.79 Å². The fourth-order valence-electron chi connectivity index (χ4n) is 2.49. The molecule has 0 aliphatic carbocycles. The molecule has 0 spiro atoms. The second-order valence-corrected chi connectivity index (χ2v) is 7.50. The van der Waals surface area contributed by atoms with E-state index in [0.29, 0.717) is 12.2 Å². The van der Waals surface area contributed by atoms with Crippen molar-refractivity contribution in [1.29, 1.82) is 0 Å². The molecular weight excluding hydrogens is 374 g/mol. The summed E-state index contributed by atoms with van der Waals surface area (Å²) < 4.78 is 10.9. The van der Waals surface area contributed by atoms with E-state index in [9.17, 15) is 14.9 Å². The van der Waals surface area contributed by atoms with Crippen LogP contribution in [0.15, 0.2) is 48.5 Å². The molecule has 0 aromatic heterocycles. The summed E-state index contributed by atoms with van der Waals surface area (Å²) in [6.45, 7) is 6.13. The van der Waals surface area contributed by atoms with Gasteiger partial charge in [0.15, 0.2) is 5.75 Å². The molecule has 2 aromatic rings. The van der Waals surface area contributed by atoms with Gasteiger partial charge in [0, 0.05) is 13.6 Å². The van der Waals surface area contributed by atoms with Gasteiger partial charge in [0.25, 0.3) is 0 Å². The average molecular weight is 401 g/mol. The molecule has 2 aromatic carbocycles. The van der Waals surface area contributed by atoms with E-state index in [1.54, 1.807) is 46.0 Å². The lowest BCUT2D eigenvalue weighted by Crippen LogP contribution is -2.36. The SMILES string of the molecule is CN(CCOc1cccc(NCc2ccccc2)c1[N+](=O)[O-])C(=O)OC(C)(C)C. The number of likely N-dealkylation sites (N-methyl/N-ethyl adjacent to an activating group) is 1. The van der Waals surface area contributed by atoms with E-state index in [0.717, 1.165) is 5.56 Å². The van der Waals surface area contributed by atoms with Gasteiger partial charge < -0.3 is 19.7 Å². The number of hydrogen-bond acceptors (Lipinski definition) is 6. The highest BCUT2D eigenvalue weighted by molar-refractivity contribution is 5.69. The Kier molecular flexibility index (Phi) is 7.41. The van der Waals surface area contributed by atoms with Crippen LogP contribution in [0.4, 0.5) is 16.2 Å². The number of nitro groups is 1. The molecule has 0 unspecified atom stereocenters. The summed E-state index contributed by atoms with van der Waals surface area (Å²) in [5.74, 6) is 0.144. The number of nitrogens with zero attached hydrogens (tertiary/aromatic N) is 2. The first-order valence-corrected chi connectivity index (χ1v) is 9.29. The lowest BCUT2D eigenvalue weighted by molar-refractivity contribution is -0.385. The molecule has 1 amide bonds. The molecule has 0 heterocycles. The van der Waals surface area contributed by atoms with Crippen molar-refractivity contribution in [3.05, 3.63) is 64.2 Å². The van der Waals surface area contributed by atoms with Crippen LogP contribution in [0, 0.1) is 10.1 Å². The quantitative estimate of drug-likeness (QED) is 0.519. The van der Waals surface area contributed by atoms with E-state index < -0.39 is 16.6 Å². The van der Waals surface area contributed by atoms with Crippen LogP contribution in [0.3, 0.4) is 0 Å². The normalized spacial score (nSPS) is 10.9. The van der Waals surface area contributed by atoms with Crippen molar-refractivity contribution >= 4 is 17.5 Å². The molecule has 0 aliphatic heterocycles. The topological polar surface area (TPSA) is 93.9 Å². The van der Waals surface area contributed by atoms with Crippen LogP contribution in [-0.4, -0.2) is 41.7 Å². The predicted molar refractivity (Wildman–Crippen MR) is 111 cm³/mol. The summed E-state index contributed by atoms with van der Waals surface area (Å²) in [6.07, 6.45) is -0.478. The van der Waals surface area contributed by atoms with Crippen molar-refractivity contribution in [3.8, 4) is 5.75 Å². The Bertz CT molecular complexity index is 834. The summed E-state index contributed by atoms with van der Waals surface area (Å²) in [7, 11) is 1.59. The van der Waals surface area contributed by atoms with Gasteiger partial charge >= 0.3 is 11.8 Å². The molecule has 2 rings (SSSR count). The number of para-hydroxylation sites is 1. The van der Waals surface area contributed by atoms with Gasteiger partial charge in [0.05, 0.1) is 11.5 Å². The zero-order valence-corrected chi connectivity index (χ0v) is 17.2. The Morgan fingerprint density at radius 2 is 1.83 bits per heavy atom. The summed E-state index contributed by atoms with van der Waals surface area (Å²) in [5, 5.41) is 14.7. The summed E-state index contributed by atoms with van der Waals surface area (Å²) >= 11 is 0. The zero-order chi connectivity index (χ0) is 21.4. The molecular formula is C21H27N3O5. The fourth-order valence-corrected chi connectivity index (χ4v) is 2.49. The summed E-state index contributed by atoms with van der Waals surface area (Å²) in [6, 6.07) is 14.5. The van der Waals surface area contributed by atoms with Gasteiger partial charge in [-0.05, 0) is 38.5 Å². The first kappa shape index (κ1) is 22.0. The highest BCUT2D eigenvalue weighted by Crippen LogP contribution is 2.35. The third-order valence-corrected chi connectivity index (χ3v) is 3.90. The standard InChI is InChI=1S/C21H27N3O5/c1-21(2,3)29-20(25)23(4)13-14-28-18-12-8-11-17(19(18)24(26)27)22-15-16-9-6-5-7-10-16/h5-12,22H,13-15H2,1-4H3. The number of amides is 1. The second-order valence-electron chi connectivity index (χ2n) is 7.50.